The van der Waals surface area contributed by atoms with E-state index in [1.807, 2.05) is 20.8 Å². The van der Waals surface area contributed by atoms with E-state index in [4.69, 9.17) is 9.98 Å². The lowest BCUT2D eigenvalue weighted by Crippen LogP contribution is -2.43. The third kappa shape index (κ3) is 5.82. The number of aromatic nitrogens is 2. The average Bonchev–Trinajstić information content (AvgIpc) is 3.20. The minimum absolute atomic E-state index is 0.0939. The van der Waals surface area contributed by atoms with Crippen molar-refractivity contribution >= 4 is 11.7 Å². The largest absolute Gasteiger partial charge is 0.310 e. The van der Waals surface area contributed by atoms with Crippen molar-refractivity contribution in [2.45, 2.75) is 70.5 Å². The Morgan fingerprint density at radius 3 is 2.49 bits per heavy atom. The zero-order valence-electron chi connectivity index (χ0n) is 24.2. The van der Waals surface area contributed by atoms with E-state index in [2.05, 4.69) is 9.88 Å². The molecule has 1 aromatic heterocycles. The molecular weight excluding hydrogens is 524 g/mol. The molecule has 1 N–H and O–H groups in total. The van der Waals surface area contributed by atoms with Gasteiger partial charge in [-0.3, -0.25) is 14.5 Å². The highest BCUT2D eigenvalue weighted by Crippen LogP contribution is 2.43. The molecule has 1 aromatic carbocycles. The summed E-state index contributed by atoms with van der Waals surface area (Å²) in [6, 6.07) is 7.49. The number of rotatable bonds is 8. The van der Waals surface area contributed by atoms with Gasteiger partial charge in [-0.25, -0.2) is 18.8 Å². The summed E-state index contributed by atoms with van der Waals surface area (Å²) in [5, 5.41) is 0. The second-order valence-electron chi connectivity index (χ2n) is 11.8. The number of aliphatic imine (C=N–C) groups is 1. The minimum atomic E-state index is -1.35. The van der Waals surface area contributed by atoms with E-state index in [0.717, 1.165) is 50.4 Å². The number of H-pyrrole nitrogens is 1. The second kappa shape index (κ2) is 11.8. The Morgan fingerprint density at radius 1 is 1.12 bits per heavy atom. The summed E-state index contributed by atoms with van der Waals surface area (Å²) in [6.45, 7) is 10.8. The number of allylic oxidation sites excluding steroid dienone is 2. The Bertz CT molecular complexity index is 1420. The van der Waals surface area contributed by atoms with Crippen molar-refractivity contribution in [1.29, 1.82) is 0 Å². The number of hydrogen-bond donors (Lipinski definition) is 1. The maximum absolute atomic E-state index is 14.3. The summed E-state index contributed by atoms with van der Waals surface area (Å²) >= 11 is 0. The SMILES string of the molecule is CC1=NC(C2=CC(C)C(F)C=C2)(c2ccc(F)cc2)C(=O)N1CCCN1CCC(c2cc(=O)[nH]c(C(C)C)n2)CC1. The molecule has 2 aromatic rings. The van der Waals surface area contributed by atoms with Crippen LogP contribution in [0.1, 0.15) is 75.9 Å². The van der Waals surface area contributed by atoms with E-state index in [0.29, 0.717) is 23.5 Å². The van der Waals surface area contributed by atoms with Crippen molar-refractivity contribution < 1.29 is 13.6 Å². The molecule has 1 fully saturated rings. The molecule has 0 bridgehead atoms. The van der Waals surface area contributed by atoms with Crippen LogP contribution in [0.3, 0.4) is 0 Å². The number of amides is 1. The van der Waals surface area contributed by atoms with Gasteiger partial charge in [0.15, 0.2) is 5.54 Å². The van der Waals surface area contributed by atoms with Crippen LogP contribution in [0, 0.1) is 11.7 Å². The molecule has 1 amide bonds. The topological polar surface area (TPSA) is 81.7 Å². The molecule has 3 aliphatic rings. The van der Waals surface area contributed by atoms with Crippen molar-refractivity contribution in [2.24, 2.45) is 10.9 Å². The number of aromatic amines is 1. The lowest BCUT2D eigenvalue weighted by Gasteiger charge is -2.33. The number of alkyl halides is 1. The second-order valence-corrected chi connectivity index (χ2v) is 11.8. The van der Waals surface area contributed by atoms with Crippen LogP contribution < -0.4 is 5.56 Å². The monoisotopic (exact) mass is 563 g/mol. The van der Waals surface area contributed by atoms with Gasteiger partial charge in [0.1, 0.15) is 23.6 Å². The first kappa shape index (κ1) is 29.0. The number of amidine groups is 1. The van der Waals surface area contributed by atoms with Crippen LogP contribution in [0.15, 0.2) is 63.9 Å². The number of halogens is 2. The predicted octanol–water partition coefficient (Wildman–Crippen LogP) is 5.23. The number of hydrogen-bond acceptors (Lipinski definition) is 5. The molecule has 9 heteroatoms. The number of benzene rings is 1. The van der Waals surface area contributed by atoms with Gasteiger partial charge in [-0.2, -0.15) is 0 Å². The summed E-state index contributed by atoms with van der Waals surface area (Å²) in [5.74, 6) is 0.785. The van der Waals surface area contributed by atoms with E-state index < -0.39 is 23.4 Å². The van der Waals surface area contributed by atoms with Crippen molar-refractivity contribution in [3.63, 3.8) is 0 Å². The van der Waals surface area contributed by atoms with Gasteiger partial charge in [0.25, 0.3) is 11.5 Å². The standard InChI is InChI=1S/C32H39F2N5O2/c1-20(2)30-35-28(19-29(40)36-30)23-12-16-38(17-13-23)14-5-15-39-22(4)37-32(31(39)41,24-6-9-26(33)10-7-24)25-8-11-27(34)21(3)18-25/h6-11,18-21,23,27H,5,12-17H2,1-4H3,(H,35,36,40). The predicted molar refractivity (Wildman–Crippen MR) is 156 cm³/mol. The highest BCUT2D eigenvalue weighted by Gasteiger charge is 2.51. The van der Waals surface area contributed by atoms with E-state index in [-0.39, 0.29) is 23.3 Å². The summed E-state index contributed by atoms with van der Waals surface area (Å²) in [5.41, 5.74) is 0.624. The van der Waals surface area contributed by atoms with Crippen molar-refractivity contribution in [2.75, 3.05) is 26.2 Å². The maximum atomic E-state index is 14.3. The van der Waals surface area contributed by atoms with Gasteiger partial charge in [-0.1, -0.05) is 45.1 Å². The fourth-order valence-electron chi connectivity index (χ4n) is 6.12. The quantitative estimate of drug-likeness (QED) is 0.477. The molecule has 41 heavy (non-hydrogen) atoms. The zero-order chi connectivity index (χ0) is 29.3. The van der Waals surface area contributed by atoms with Gasteiger partial charge < -0.3 is 9.88 Å². The van der Waals surface area contributed by atoms with Crippen LogP contribution in [-0.2, 0) is 10.3 Å². The van der Waals surface area contributed by atoms with Crippen molar-refractivity contribution in [1.82, 2.24) is 19.8 Å². The Labute approximate surface area is 240 Å². The fourth-order valence-corrected chi connectivity index (χ4v) is 6.12. The Hall–Kier alpha value is -3.46. The lowest BCUT2D eigenvalue weighted by molar-refractivity contribution is -0.130. The Balaban J connectivity index is 1.24. The molecule has 1 aliphatic carbocycles. The van der Waals surface area contributed by atoms with Gasteiger partial charge in [0.05, 0.1) is 5.69 Å². The maximum Gasteiger partial charge on any atom is 0.265 e. The molecule has 218 valence electrons. The molecule has 0 radical (unpaired) electrons. The van der Waals surface area contributed by atoms with E-state index in [1.165, 1.54) is 18.2 Å². The van der Waals surface area contributed by atoms with Gasteiger partial charge in [-0.15, -0.1) is 0 Å². The van der Waals surface area contributed by atoms with E-state index in [1.54, 1.807) is 42.2 Å². The molecular formula is C32H39F2N5O2. The molecule has 3 heterocycles. The third-order valence-electron chi connectivity index (χ3n) is 8.55. The van der Waals surface area contributed by atoms with Gasteiger partial charge in [0.2, 0.25) is 0 Å². The van der Waals surface area contributed by atoms with Crippen LogP contribution in [0.2, 0.25) is 0 Å². The average molecular weight is 564 g/mol. The number of likely N-dealkylation sites (tertiary alicyclic amines) is 1. The highest BCUT2D eigenvalue weighted by molar-refractivity contribution is 6.10. The molecule has 0 spiro atoms. The smallest absolute Gasteiger partial charge is 0.265 e. The first-order valence-electron chi connectivity index (χ1n) is 14.6. The number of carbonyl (C=O) groups excluding carboxylic acids is 1. The minimum Gasteiger partial charge on any atom is -0.310 e. The van der Waals surface area contributed by atoms with Gasteiger partial charge in [0, 0.05) is 30.4 Å². The molecule has 5 rings (SSSR count). The normalized spacial score (nSPS) is 25.6. The van der Waals surface area contributed by atoms with Gasteiger partial charge in [-0.05, 0) is 75.2 Å². The molecule has 0 saturated carbocycles. The molecule has 2 aliphatic heterocycles. The van der Waals surface area contributed by atoms with Crippen LogP contribution in [-0.4, -0.2) is 63.9 Å². The number of nitrogens with one attached hydrogen (secondary N) is 1. The van der Waals surface area contributed by atoms with Crippen molar-refractivity contribution in [3.8, 4) is 0 Å². The summed E-state index contributed by atoms with van der Waals surface area (Å²) in [4.78, 5) is 42.8. The zero-order valence-corrected chi connectivity index (χ0v) is 24.2. The highest BCUT2D eigenvalue weighted by atomic mass is 19.1. The van der Waals surface area contributed by atoms with E-state index >= 15 is 0 Å². The Kier molecular flexibility index (Phi) is 8.36. The fraction of sp³-hybridized carbons (Fsp3) is 0.500. The number of piperidine rings is 1. The lowest BCUT2D eigenvalue weighted by atomic mass is 9.78. The molecule has 3 atom stereocenters. The first-order chi connectivity index (χ1) is 19.6. The molecule has 7 nitrogen and oxygen atoms in total. The summed E-state index contributed by atoms with van der Waals surface area (Å²) in [7, 11) is 0. The molecule has 3 unspecified atom stereocenters. The van der Waals surface area contributed by atoms with Crippen LogP contribution in [0.25, 0.3) is 0 Å². The van der Waals surface area contributed by atoms with E-state index in [9.17, 15) is 18.4 Å². The summed E-state index contributed by atoms with van der Waals surface area (Å²) in [6.07, 6.45) is 6.40. The van der Waals surface area contributed by atoms with Crippen LogP contribution in [0.5, 0.6) is 0 Å². The van der Waals surface area contributed by atoms with Crippen molar-refractivity contribution in [3.05, 3.63) is 87.4 Å². The van der Waals surface area contributed by atoms with Crippen LogP contribution >= 0.6 is 0 Å². The summed E-state index contributed by atoms with van der Waals surface area (Å²) < 4.78 is 28.1. The number of carbonyl (C=O) groups is 1. The Morgan fingerprint density at radius 2 is 1.83 bits per heavy atom. The number of nitrogens with zero attached hydrogens (tertiary/aromatic N) is 4. The molecule has 1 saturated heterocycles. The van der Waals surface area contributed by atoms with Gasteiger partial charge >= 0.3 is 0 Å². The van der Waals surface area contributed by atoms with Crippen LogP contribution in [0.4, 0.5) is 8.78 Å². The third-order valence-corrected chi connectivity index (χ3v) is 8.55. The first-order valence-corrected chi connectivity index (χ1v) is 14.6.